The van der Waals surface area contributed by atoms with Crippen molar-refractivity contribution in [2.24, 2.45) is 21.6 Å². The van der Waals surface area contributed by atoms with E-state index in [2.05, 4.69) is 10.2 Å². The van der Waals surface area contributed by atoms with Crippen LogP contribution in [-0.2, 0) is 11.7 Å². The molecule has 2 aliphatic heterocycles. The van der Waals surface area contributed by atoms with Gasteiger partial charge >= 0.3 is 6.18 Å². The number of alkyl halides is 3. The summed E-state index contributed by atoms with van der Waals surface area (Å²) in [5.74, 6) is -1.61. The molecule has 0 radical (unpaired) electrons. The lowest BCUT2D eigenvalue weighted by Gasteiger charge is -2.62. The van der Waals surface area contributed by atoms with E-state index in [0.717, 1.165) is 18.2 Å². The number of benzene rings is 2. The molecule has 5 nitrogen and oxygen atoms in total. The number of nitrogens with zero attached hydrogens (tertiary/aromatic N) is 3. The lowest BCUT2D eigenvalue weighted by Crippen LogP contribution is -2.66. The van der Waals surface area contributed by atoms with Gasteiger partial charge in [-0.25, -0.2) is 4.39 Å². The maximum atomic E-state index is 14.0. The van der Waals surface area contributed by atoms with Gasteiger partial charge in [0.25, 0.3) is 5.91 Å². The Labute approximate surface area is 187 Å². The molecule has 1 amide bonds. The van der Waals surface area contributed by atoms with Gasteiger partial charge in [0.05, 0.1) is 17.3 Å². The Morgan fingerprint density at radius 2 is 1.85 bits per heavy atom. The van der Waals surface area contributed by atoms with Crippen molar-refractivity contribution in [3.63, 3.8) is 0 Å². The molecule has 33 heavy (non-hydrogen) atoms. The number of rotatable bonds is 3. The molecule has 2 aromatic rings. The highest BCUT2D eigenvalue weighted by molar-refractivity contribution is 5.95. The maximum Gasteiger partial charge on any atom is 0.416 e. The fraction of sp³-hybridized carbons (Fsp3) is 0.375. The highest BCUT2D eigenvalue weighted by atomic mass is 19.4. The van der Waals surface area contributed by atoms with Gasteiger partial charge in [0.2, 0.25) is 0 Å². The number of carbonyl (C=O) groups is 1. The molecule has 1 saturated carbocycles. The van der Waals surface area contributed by atoms with Gasteiger partial charge in [0, 0.05) is 18.5 Å². The molecule has 2 aromatic carbocycles. The number of aromatic hydroxyl groups is 1. The number of phenolic OH excluding ortho intramolecular Hbond substituents is 1. The highest BCUT2D eigenvalue weighted by Gasteiger charge is 2.62. The molecule has 2 heterocycles. The van der Waals surface area contributed by atoms with Crippen LogP contribution in [0.1, 0.15) is 41.3 Å². The van der Waals surface area contributed by atoms with E-state index in [4.69, 9.17) is 0 Å². The van der Waals surface area contributed by atoms with E-state index in [9.17, 15) is 27.5 Å². The van der Waals surface area contributed by atoms with Crippen LogP contribution in [0.15, 0.2) is 64.5 Å². The van der Waals surface area contributed by atoms with Gasteiger partial charge in [0.1, 0.15) is 17.1 Å². The fourth-order valence-electron chi connectivity index (χ4n) is 5.63. The summed E-state index contributed by atoms with van der Waals surface area (Å²) in [6.45, 7) is 2.52. The number of hydrogen-bond acceptors (Lipinski definition) is 4. The second kappa shape index (κ2) is 7.13. The molecule has 3 aliphatic rings. The molecule has 1 N–H and O–H groups in total. The number of hydrogen-bond donors (Lipinski definition) is 1. The average Bonchev–Trinajstić information content (AvgIpc) is 3.09. The normalized spacial score (nSPS) is 23.9. The van der Waals surface area contributed by atoms with E-state index >= 15 is 0 Å². The Hall–Kier alpha value is -3.23. The van der Waals surface area contributed by atoms with Gasteiger partial charge in [-0.15, -0.1) is 0 Å². The summed E-state index contributed by atoms with van der Waals surface area (Å²) in [7, 11) is 0. The highest BCUT2D eigenvalue weighted by Crippen LogP contribution is 2.62. The summed E-state index contributed by atoms with van der Waals surface area (Å²) in [6, 6.07) is 8.79. The Kier molecular flexibility index (Phi) is 4.67. The molecule has 1 saturated heterocycles. The SMILES string of the molecule is CC1=CN=NC1(c1ccccc1C(F)(F)F)C1CC2(C1)CN(C(=O)c1cc(O)ccc1F)C2. The van der Waals surface area contributed by atoms with E-state index in [1.165, 1.54) is 29.3 Å². The Morgan fingerprint density at radius 1 is 1.15 bits per heavy atom. The minimum atomic E-state index is -4.52. The molecule has 1 atom stereocenters. The van der Waals surface area contributed by atoms with Crippen LogP contribution in [0.3, 0.4) is 0 Å². The van der Waals surface area contributed by atoms with Gasteiger partial charge < -0.3 is 10.0 Å². The molecule has 5 rings (SSSR count). The predicted octanol–water partition coefficient (Wildman–Crippen LogP) is 5.67. The first-order chi connectivity index (χ1) is 15.6. The Balaban J connectivity index is 1.37. The van der Waals surface area contributed by atoms with Crippen molar-refractivity contribution in [3.05, 3.63) is 76.7 Å². The summed E-state index contributed by atoms with van der Waals surface area (Å²) >= 11 is 0. The number of carbonyl (C=O) groups excluding carboxylic acids is 1. The largest absolute Gasteiger partial charge is 0.508 e. The van der Waals surface area contributed by atoms with Crippen molar-refractivity contribution < 1.29 is 27.5 Å². The standard InChI is InChI=1S/C24H21F4N3O2/c1-14-11-29-30-23(14,18-4-2-3-5-19(18)24(26,27)28)15-9-22(10-15)12-31(13-22)21(33)17-8-16(32)6-7-20(17)25/h2-8,11,15,32H,9-10,12-13H2,1H3. The Bertz CT molecular complexity index is 1190. The van der Waals surface area contributed by atoms with E-state index in [-0.39, 0.29) is 28.2 Å². The molecular weight excluding hydrogens is 438 g/mol. The van der Waals surface area contributed by atoms with Crippen molar-refractivity contribution in [1.29, 1.82) is 0 Å². The van der Waals surface area contributed by atoms with Gasteiger partial charge in [-0.2, -0.15) is 23.4 Å². The zero-order valence-corrected chi connectivity index (χ0v) is 17.7. The minimum Gasteiger partial charge on any atom is -0.508 e. The van der Waals surface area contributed by atoms with Gasteiger partial charge in [-0.1, -0.05) is 18.2 Å². The quantitative estimate of drug-likeness (QED) is 0.602. The summed E-state index contributed by atoms with van der Waals surface area (Å²) in [6.07, 6.45) is -1.85. The molecule has 172 valence electrons. The molecule has 2 fully saturated rings. The van der Waals surface area contributed by atoms with Crippen LogP contribution in [0, 0.1) is 17.2 Å². The second-order valence-electron chi connectivity index (χ2n) is 9.27. The van der Waals surface area contributed by atoms with Crippen LogP contribution in [0.2, 0.25) is 0 Å². The number of azo groups is 1. The lowest BCUT2D eigenvalue weighted by molar-refractivity contribution is -0.140. The topological polar surface area (TPSA) is 65.3 Å². The molecule has 9 heteroatoms. The van der Waals surface area contributed by atoms with Crippen molar-refractivity contribution in [3.8, 4) is 5.75 Å². The van der Waals surface area contributed by atoms with Crippen molar-refractivity contribution in [2.45, 2.75) is 31.5 Å². The predicted molar refractivity (Wildman–Crippen MR) is 111 cm³/mol. The molecule has 0 aromatic heterocycles. The lowest BCUT2D eigenvalue weighted by atomic mass is 9.50. The summed E-state index contributed by atoms with van der Waals surface area (Å²) in [5, 5.41) is 17.9. The Morgan fingerprint density at radius 3 is 2.48 bits per heavy atom. The summed E-state index contributed by atoms with van der Waals surface area (Å²) < 4.78 is 55.4. The van der Waals surface area contributed by atoms with Crippen LogP contribution in [0.5, 0.6) is 5.75 Å². The van der Waals surface area contributed by atoms with E-state index in [1.807, 2.05) is 0 Å². The third-order valence-electron chi connectivity index (χ3n) is 7.18. The first-order valence-corrected chi connectivity index (χ1v) is 10.6. The second-order valence-corrected chi connectivity index (χ2v) is 9.27. The number of likely N-dealkylation sites (tertiary alicyclic amines) is 1. The maximum absolute atomic E-state index is 14.0. The van der Waals surface area contributed by atoms with Crippen molar-refractivity contribution in [1.82, 2.24) is 4.90 Å². The molecule has 1 spiro atoms. The summed E-state index contributed by atoms with van der Waals surface area (Å²) in [4.78, 5) is 14.2. The first kappa shape index (κ1) is 21.6. The number of amides is 1. The third kappa shape index (κ3) is 3.24. The number of phenols is 1. The smallest absolute Gasteiger partial charge is 0.416 e. The van der Waals surface area contributed by atoms with Gasteiger partial charge in [0.15, 0.2) is 0 Å². The van der Waals surface area contributed by atoms with Gasteiger partial charge in [-0.05, 0) is 61.1 Å². The molecule has 1 aliphatic carbocycles. The summed E-state index contributed by atoms with van der Waals surface area (Å²) in [5.41, 5.74) is -1.57. The fourth-order valence-corrected chi connectivity index (χ4v) is 5.63. The van der Waals surface area contributed by atoms with Gasteiger partial charge in [-0.3, -0.25) is 4.79 Å². The molecule has 1 unspecified atom stereocenters. The van der Waals surface area contributed by atoms with Crippen molar-refractivity contribution >= 4 is 5.91 Å². The monoisotopic (exact) mass is 459 g/mol. The zero-order valence-electron chi connectivity index (χ0n) is 17.7. The van der Waals surface area contributed by atoms with Crippen LogP contribution in [0.25, 0.3) is 0 Å². The van der Waals surface area contributed by atoms with E-state index < -0.39 is 29.0 Å². The van der Waals surface area contributed by atoms with Crippen LogP contribution in [-0.4, -0.2) is 29.0 Å². The zero-order chi connectivity index (χ0) is 23.6. The van der Waals surface area contributed by atoms with Crippen LogP contribution in [0.4, 0.5) is 17.6 Å². The van der Waals surface area contributed by atoms with Crippen LogP contribution < -0.4 is 0 Å². The minimum absolute atomic E-state index is 0.0986. The third-order valence-corrected chi connectivity index (χ3v) is 7.18. The van der Waals surface area contributed by atoms with E-state index in [1.54, 1.807) is 13.0 Å². The number of halogens is 4. The average molecular weight is 459 g/mol. The van der Waals surface area contributed by atoms with Crippen molar-refractivity contribution in [2.75, 3.05) is 13.1 Å². The van der Waals surface area contributed by atoms with E-state index in [0.29, 0.717) is 31.5 Å². The molecule has 0 bridgehead atoms. The first-order valence-electron chi connectivity index (χ1n) is 10.6. The molecular formula is C24H21F4N3O2. The van der Waals surface area contributed by atoms with Crippen LogP contribution >= 0.6 is 0 Å².